The van der Waals surface area contributed by atoms with Gasteiger partial charge in [-0.2, -0.15) is 0 Å². The average molecular weight is 432 g/mol. The number of aromatic nitrogens is 2. The van der Waals surface area contributed by atoms with Crippen molar-refractivity contribution in [3.63, 3.8) is 0 Å². The molecular weight excluding hydrogens is 410 g/mol. The lowest BCUT2D eigenvalue weighted by atomic mass is 10.1. The molecule has 0 saturated carbocycles. The molecule has 0 radical (unpaired) electrons. The van der Waals surface area contributed by atoms with Crippen molar-refractivity contribution >= 4 is 31.6 Å². The van der Waals surface area contributed by atoms with E-state index in [2.05, 4.69) is 10.2 Å². The fourth-order valence-corrected chi connectivity index (χ4v) is 6.37. The van der Waals surface area contributed by atoms with Crippen molar-refractivity contribution < 1.29 is 21.3 Å². The van der Waals surface area contributed by atoms with Crippen LogP contribution in [0.3, 0.4) is 0 Å². The second kappa shape index (κ2) is 7.90. The zero-order chi connectivity index (χ0) is 19.7. The highest BCUT2D eigenvalue weighted by atomic mass is 32.2. The highest BCUT2D eigenvalue weighted by Crippen LogP contribution is 2.26. The van der Waals surface area contributed by atoms with Crippen molar-refractivity contribution in [2.24, 2.45) is 5.92 Å². The van der Waals surface area contributed by atoms with Crippen molar-refractivity contribution in [3.8, 4) is 0 Å². The third-order valence-corrected chi connectivity index (χ3v) is 8.82. The number of sulfone groups is 1. The molecule has 27 heavy (non-hydrogen) atoms. The van der Waals surface area contributed by atoms with Gasteiger partial charge in [0.25, 0.3) is 5.22 Å². The molecule has 1 atom stereocenters. The molecule has 1 fully saturated rings. The van der Waals surface area contributed by atoms with Crippen LogP contribution in [0.1, 0.15) is 17.9 Å². The van der Waals surface area contributed by atoms with E-state index in [0.29, 0.717) is 29.7 Å². The maximum atomic E-state index is 12.2. The van der Waals surface area contributed by atoms with Gasteiger partial charge in [-0.3, -0.25) is 0 Å². The molecule has 2 aromatic rings. The molecular formula is C16H21N3O5S3. The maximum absolute atomic E-state index is 12.2. The normalized spacial score (nSPS) is 19.6. The van der Waals surface area contributed by atoms with Crippen molar-refractivity contribution in [1.82, 2.24) is 14.5 Å². The van der Waals surface area contributed by atoms with Crippen LogP contribution in [0, 0.1) is 5.92 Å². The summed E-state index contributed by atoms with van der Waals surface area (Å²) in [5.74, 6) is 1.34. The van der Waals surface area contributed by atoms with Crippen LogP contribution < -0.4 is 0 Å². The predicted molar refractivity (Wildman–Crippen MR) is 102 cm³/mol. The summed E-state index contributed by atoms with van der Waals surface area (Å²) in [6.45, 7) is 0. The second-order valence-corrected chi connectivity index (χ2v) is 12.0. The zero-order valence-electron chi connectivity index (χ0n) is 15.0. The molecule has 0 N–H and O–H groups in total. The lowest BCUT2D eigenvalue weighted by molar-refractivity contribution is 0.389. The van der Waals surface area contributed by atoms with E-state index in [4.69, 9.17) is 4.42 Å². The molecule has 3 rings (SSSR count). The monoisotopic (exact) mass is 431 g/mol. The number of hydrogen-bond acceptors (Lipinski definition) is 8. The molecule has 0 bridgehead atoms. The van der Waals surface area contributed by atoms with E-state index in [-0.39, 0.29) is 22.3 Å². The van der Waals surface area contributed by atoms with Crippen molar-refractivity contribution in [2.75, 3.05) is 25.6 Å². The minimum atomic E-state index is -3.48. The third-order valence-electron chi connectivity index (χ3n) is 4.28. The molecule has 11 heteroatoms. The van der Waals surface area contributed by atoms with E-state index in [1.54, 1.807) is 18.2 Å². The molecule has 0 amide bonds. The molecule has 148 valence electrons. The maximum Gasteiger partial charge on any atom is 0.276 e. The SMILES string of the molecule is CN(C)S(=O)(=O)c1cccc(CSc2nnc(CC3CCS(=O)(=O)C3)o2)c1. The van der Waals surface area contributed by atoms with Gasteiger partial charge in [0.05, 0.1) is 16.4 Å². The smallest absolute Gasteiger partial charge is 0.276 e. The average Bonchev–Trinajstić information content (AvgIpc) is 3.19. The molecule has 2 heterocycles. The van der Waals surface area contributed by atoms with E-state index in [1.165, 1.54) is 30.2 Å². The Balaban J connectivity index is 1.61. The molecule has 1 aromatic heterocycles. The minimum Gasteiger partial charge on any atom is -0.416 e. The largest absolute Gasteiger partial charge is 0.416 e. The van der Waals surface area contributed by atoms with Gasteiger partial charge in [-0.15, -0.1) is 10.2 Å². The topological polar surface area (TPSA) is 110 Å². The fourth-order valence-electron chi connectivity index (χ4n) is 2.81. The van der Waals surface area contributed by atoms with Gasteiger partial charge >= 0.3 is 0 Å². The van der Waals surface area contributed by atoms with E-state index in [0.717, 1.165) is 5.56 Å². The highest BCUT2D eigenvalue weighted by Gasteiger charge is 2.29. The Bertz CT molecular complexity index is 1020. The number of nitrogens with zero attached hydrogens (tertiary/aromatic N) is 3. The number of hydrogen-bond donors (Lipinski definition) is 0. The summed E-state index contributed by atoms with van der Waals surface area (Å²) in [6.07, 6.45) is 1.09. The van der Waals surface area contributed by atoms with E-state index in [9.17, 15) is 16.8 Å². The number of sulfonamides is 1. The van der Waals surface area contributed by atoms with Gasteiger partial charge in [0.15, 0.2) is 9.84 Å². The van der Waals surface area contributed by atoms with Crippen molar-refractivity contribution in [2.45, 2.75) is 28.7 Å². The van der Waals surface area contributed by atoms with Gasteiger partial charge in [0, 0.05) is 26.3 Å². The van der Waals surface area contributed by atoms with Crippen LogP contribution in [0.5, 0.6) is 0 Å². The molecule has 0 aliphatic carbocycles. The summed E-state index contributed by atoms with van der Waals surface area (Å²) in [5.41, 5.74) is 0.824. The van der Waals surface area contributed by atoms with Gasteiger partial charge < -0.3 is 4.42 Å². The second-order valence-electron chi connectivity index (χ2n) is 6.66. The van der Waals surface area contributed by atoms with Crippen molar-refractivity contribution in [1.29, 1.82) is 0 Å². The van der Waals surface area contributed by atoms with Crippen LogP contribution in [-0.2, 0) is 32.0 Å². The molecule has 1 saturated heterocycles. The first kappa shape index (κ1) is 20.3. The first-order valence-electron chi connectivity index (χ1n) is 8.33. The molecule has 1 unspecified atom stereocenters. The molecule has 0 spiro atoms. The Morgan fingerprint density at radius 1 is 1.30 bits per heavy atom. The van der Waals surface area contributed by atoms with Gasteiger partial charge in [0.2, 0.25) is 15.9 Å². The molecule has 8 nitrogen and oxygen atoms in total. The molecule has 1 aromatic carbocycles. The Morgan fingerprint density at radius 3 is 2.74 bits per heavy atom. The Kier molecular flexibility index (Phi) is 5.94. The van der Waals surface area contributed by atoms with Gasteiger partial charge in [0.1, 0.15) is 0 Å². The summed E-state index contributed by atoms with van der Waals surface area (Å²) in [4.78, 5) is 0.235. The summed E-state index contributed by atoms with van der Waals surface area (Å²) in [5, 5.41) is 8.35. The Morgan fingerprint density at radius 2 is 2.07 bits per heavy atom. The summed E-state index contributed by atoms with van der Waals surface area (Å²) >= 11 is 1.31. The van der Waals surface area contributed by atoms with Gasteiger partial charge in [-0.1, -0.05) is 23.9 Å². The zero-order valence-corrected chi connectivity index (χ0v) is 17.5. The van der Waals surface area contributed by atoms with Crippen LogP contribution in [0.4, 0.5) is 0 Å². The van der Waals surface area contributed by atoms with E-state index < -0.39 is 19.9 Å². The first-order valence-corrected chi connectivity index (χ1v) is 12.6. The highest BCUT2D eigenvalue weighted by molar-refractivity contribution is 7.98. The van der Waals surface area contributed by atoms with Crippen LogP contribution in [-0.4, -0.2) is 56.9 Å². The van der Waals surface area contributed by atoms with Crippen LogP contribution in [0.15, 0.2) is 38.8 Å². The predicted octanol–water partition coefficient (Wildman–Crippen LogP) is 1.59. The van der Waals surface area contributed by atoms with Gasteiger partial charge in [-0.25, -0.2) is 21.1 Å². The van der Waals surface area contributed by atoms with Crippen LogP contribution in [0.25, 0.3) is 0 Å². The Hall–Kier alpha value is -1.43. The fraction of sp³-hybridized carbons (Fsp3) is 0.500. The number of benzene rings is 1. The Labute approximate surface area is 163 Å². The minimum absolute atomic E-state index is 0.0289. The van der Waals surface area contributed by atoms with Gasteiger partial charge in [-0.05, 0) is 30.0 Å². The first-order chi connectivity index (χ1) is 12.7. The standard InChI is InChI=1S/C16H21N3O5S3/c1-19(2)27(22,23)14-5-3-4-12(8-14)10-25-16-18-17-15(24-16)9-13-6-7-26(20,21)11-13/h3-5,8,13H,6-7,9-11H2,1-2H3. The lowest BCUT2D eigenvalue weighted by Gasteiger charge is -2.11. The van der Waals surface area contributed by atoms with E-state index >= 15 is 0 Å². The molecule has 1 aliphatic rings. The molecule has 1 aliphatic heterocycles. The summed E-state index contributed by atoms with van der Waals surface area (Å²) < 4.78 is 54.2. The van der Waals surface area contributed by atoms with E-state index in [1.807, 2.05) is 6.07 Å². The summed E-state index contributed by atoms with van der Waals surface area (Å²) in [6, 6.07) is 6.72. The van der Waals surface area contributed by atoms with Crippen molar-refractivity contribution in [3.05, 3.63) is 35.7 Å². The lowest BCUT2D eigenvalue weighted by Crippen LogP contribution is -2.22. The third kappa shape index (κ3) is 5.09. The summed E-state index contributed by atoms with van der Waals surface area (Å²) in [7, 11) is -3.42. The van der Waals surface area contributed by atoms with Crippen LogP contribution in [0.2, 0.25) is 0 Å². The quantitative estimate of drug-likeness (QED) is 0.608. The van der Waals surface area contributed by atoms with Crippen LogP contribution >= 0.6 is 11.8 Å². The number of thioether (sulfide) groups is 1. The number of rotatable bonds is 7.